The Kier molecular flexibility index (Phi) is 4.18. The quantitative estimate of drug-likeness (QED) is 0.565. The molecule has 0 radical (unpaired) electrons. The Hall–Kier alpha value is -0.353. The van der Waals surface area contributed by atoms with Crippen molar-refractivity contribution in [3.05, 3.63) is 0 Å². The number of esters is 1. The maximum absolute atomic E-state index is 11.1. The van der Waals surface area contributed by atoms with E-state index in [1.54, 1.807) is 0 Å². The van der Waals surface area contributed by atoms with Crippen LogP contribution in [0.15, 0.2) is 0 Å². The molecule has 1 unspecified atom stereocenters. The van der Waals surface area contributed by atoms with Crippen LogP contribution in [0.5, 0.6) is 0 Å². The monoisotopic (exact) mass is 244 g/mol. The molecule has 1 rings (SSSR count). The second-order valence-corrected chi connectivity index (χ2v) is 10.9. The molecule has 0 bridgehead atoms. The number of rotatable bonds is 3. The summed E-state index contributed by atoms with van der Waals surface area (Å²) in [6.45, 7) is 11.7. The molecule has 1 fully saturated rings. The van der Waals surface area contributed by atoms with E-state index in [1.807, 2.05) is 0 Å². The Morgan fingerprint density at radius 3 is 2.56 bits per heavy atom. The molecule has 0 aromatic heterocycles. The van der Waals surface area contributed by atoms with E-state index in [2.05, 4.69) is 33.9 Å². The molecule has 0 amide bonds. The summed E-state index contributed by atoms with van der Waals surface area (Å²) in [4.78, 5) is 11.1. The summed E-state index contributed by atoms with van der Waals surface area (Å²) in [5.74, 6) is -0.0740. The highest BCUT2D eigenvalue weighted by molar-refractivity contribution is 6.74. The molecule has 0 spiro atoms. The highest BCUT2D eigenvalue weighted by atomic mass is 28.4. The Morgan fingerprint density at radius 2 is 2.06 bits per heavy atom. The SMILES string of the molecule is CC(C)(C)[Si](C)(C)OCC1CCCC(=O)O1. The van der Waals surface area contributed by atoms with Crippen LogP contribution in [-0.4, -0.2) is 27.0 Å². The van der Waals surface area contributed by atoms with E-state index < -0.39 is 8.32 Å². The lowest BCUT2D eigenvalue weighted by atomic mass is 10.1. The molecule has 1 saturated heterocycles. The van der Waals surface area contributed by atoms with Gasteiger partial charge in [-0.25, -0.2) is 0 Å². The number of carbonyl (C=O) groups is 1. The van der Waals surface area contributed by atoms with Gasteiger partial charge in [0.05, 0.1) is 6.61 Å². The lowest BCUT2D eigenvalue weighted by molar-refractivity contribution is -0.155. The summed E-state index contributed by atoms with van der Waals surface area (Å²) in [5.41, 5.74) is 0. The van der Waals surface area contributed by atoms with E-state index in [9.17, 15) is 4.79 Å². The second-order valence-electron chi connectivity index (χ2n) is 6.08. The molecular formula is C12H24O3Si. The van der Waals surface area contributed by atoms with Gasteiger partial charge in [0, 0.05) is 6.42 Å². The molecule has 0 aromatic carbocycles. The van der Waals surface area contributed by atoms with Gasteiger partial charge < -0.3 is 9.16 Å². The molecule has 94 valence electrons. The molecule has 1 atom stereocenters. The zero-order chi connectivity index (χ0) is 12.4. The van der Waals surface area contributed by atoms with Crippen molar-refractivity contribution in [2.24, 2.45) is 0 Å². The predicted molar refractivity (Wildman–Crippen MR) is 66.9 cm³/mol. The number of carbonyl (C=O) groups excluding carboxylic acids is 1. The Morgan fingerprint density at radius 1 is 1.44 bits per heavy atom. The maximum atomic E-state index is 11.1. The summed E-state index contributed by atoms with van der Waals surface area (Å²) < 4.78 is 11.3. The van der Waals surface area contributed by atoms with Crippen LogP contribution in [0.25, 0.3) is 0 Å². The van der Waals surface area contributed by atoms with Crippen molar-refractivity contribution in [3.8, 4) is 0 Å². The number of cyclic esters (lactones) is 1. The first kappa shape index (κ1) is 13.7. The van der Waals surface area contributed by atoms with E-state index in [0.29, 0.717) is 13.0 Å². The van der Waals surface area contributed by atoms with Crippen molar-refractivity contribution in [2.75, 3.05) is 6.61 Å². The molecular weight excluding hydrogens is 220 g/mol. The largest absolute Gasteiger partial charge is 0.460 e. The van der Waals surface area contributed by atoms with Crippen LogP contribution >= 0.6 is 0 Å². The average molecular weight is 244 g/mol. The fourth-order valence-electron chi connectivity index (χ4n) is 1.41. The van der Waals surface area contributed by atoms with Crippen molar-refractivity contribution < 1.29 is 14.0 Å². The van der Waals surface area contributed by atoms with E-state index in [4.69, 9.17) is 9.16 Å². The molecule has 0 saturated carbocycles. The second kappa shape index (κ2) is 4.88. The minimum Gasteiger partial charge on any atom is -0.460 e. The van der Waals surface area contributed by atoms with Gasteiger partial charge in [-0.05, 0) is 31.0 Å². The van der Waals surface area contributed by atoms with Crippen LogP contribution in [0.3, 0.4) is 0 Å². The highest BCUT2D eigenvalue weighted by Gasteiger charge is 2.38. The molecule has 3 nitrogen and oxygen atoms in total. The fraction of sp³-hybridized carbons (Fsp3) is 0.917. The zero-order valence-corrected chi connectivity index (χ0v) is 12.1. The highest BCUT2D eigenvalue weighted by Crippen LogP contribution is 2.36. The van der Waals surface area contributed by atoms with Gasteiger partial charge in [0.2, 0.25) is 0 Å². The molecule has 16 heavy (non-hydrogen) atoms. The van der Waals surface area contributed by atoms with Crippen molar-refractivity contribution in [1.82, 2.24) is 0 Å². The van der Waals surface area contributed by atoms with E-state index in [-0.39, 0.29) is 17.1 Å². The van der Waals surface area contributed by atoms with Crippen molar-refractivity contribution in [3.63, 3.8) is 0 Å². The fourth-order valence-corrected chi connectivity index (χ4v) is 2.45. The van der Waals surface area contributed by atoms with Gasteiger partial charge in [-0.15, -0.1) is 0 Å². The molecule has 1 heterocycles. The summed E-state index contributed by atoms with van der Waals surface area (Å²) in [7, 11) is -1.70. The number of hydrogen-bond acceptors (Lipinski definition) is 3. The van der Waals surface area contributed by atoms with Crippen LogP contribution in [-0.2, 0) is 14.0 Å². The van der Waals surface area contributed by atoms with Crippen LogP contribution in [0.4, 0.5) is 0 Å². The molecule has 1 aliphatic rings. The molecule has 4 heteroatoms. The van der Waals surface area contributed by atoms with Gasteiger partial charge in [-0.1, -0.05) is 20.8 Å². The topological polar surface area (TPSA) is 35.5 Å². The Bertz CT molecular complexity index is 255. The minimum atomic E-state index is -1.70. The maximum Gasteiger partial charge on any atom is 0.306 e. The molecule has 0 aliphatic carbocycles. The Labute approximate surface area is 99.6 Å². The predicted octanol–water partition coefficient (Wildman–Crippen LogP) is 3.10. The Balaban J connectivity index is 2.42. The third kappa shape index (κ3) is 3.59. The summed E-state index contributed by atoms with van der Waals surface area (Å²) in [6.07, 6.45) is 2.43. The van der Waals surface area contributed by atoms with Crippen LogP contribution in [0.2, 0.25) is 18.1 Å². The molecule has 1 aliphatic heterocycles. The molecule has 0 N–H and O–H groups in total. The van der Waals surface area contributed by atoms with Crippen molar-refractivity contribution >= 4 is 14.3 Å². The van der Waals surface area contributed by atoms with Gasteiger partial charge >= 0.3 is 5.97 Å². The van der Waals surface area contributed by atoms with E-state index in [0.717, 1.165) is 12.8 Å². The van der Waals surface area contributed by atoms with Gasteiger partial charge in [0.1, 0.15) is 6.10 Å². The third-order valence-electron chi connectivity index (χ3n) is 3.64. The molecule has 0 aromatic rings. The lowest BCUT2D eigenvalue weighted by Gasteiger charge is -2.37. The minimum absolute atomic E-state index is 0.0182. The standard InChI is InChI=1S/C12H24O3Si/c1-12(2,3)16(4,5)14-9-10-7-6-8-11(13)15-10/h10H,6-9H2,1-5H3. The number of hydrogen-bond donors (Lipinski definition) is 0. The van der Waals surface area contributed by atoms with Gasteiger partial charge in [0.15, 0.2) is 8.32 Å². The summed E-state index contributed by atoms with van der Waals surface area (Å²) in [6, 6.07) is 0. The van der Waals surface area contributed by atoms with Crippen LogP contribution < -0.4 is 0 Å². The van der Waals surface area contributed by atoms with E-state index >= 15 is 0 Å². The van der Waals surface area contributed by atoms with Gasteiger partial charge in [-0.3, -0.25) is 4.79 Å². The van der Waals surface area contributed by atoms with Crippen molar-refractivity contribution in [1.29, 1.82) is 0 Å². The first-order valence-electron chi connectivity index (χ1n) is 6.06. The third-order valence-corrected chi connectivity index (χ3v) is 8.14. The average Bonchev–Trinajstić information content (AvgIpc) is 2.13. The van der Waals surface area contributed by atoms with Crippen LogP contribution in [0, 0.1) is 0 Å². The summed E-state index contributed by atoms with van der Waals surface area (Å²) in [5, 5.41) is 0.214. The normalized spacial score (nSPS) is 23.1. The number of ether oxygens (including phenoxy) is 1. The lowest BCUT2D eigenvalue weighted by Crippen LogP contribution is -2.43. The first-order valence-corrected chi connectivity index (χ1v) is 8.97. The van der Waals surface area contributed by atoms with Gasteiger partial charge in [0.25, 0.3) is 0 Å². The van der Waals surface area contributed by atoms with Gasteiger partial charge in [-0.2, -0.15) is 0 Å². The van der Waals surface area contributed by atoms with E-state index in [1.165, 1.54) is 0 Å². The first-order chi connectivity index (χ1) is 7.22. The van der Waals surface area contributed by atoms with Crippen LogP contribution in [0.1, 0.15) is 40.0 Å². The summed E-state index contributed by atoms with van der Waals surface area (Å²) >= 11 is 0. The van der Waals surface area contributed by atoms with Crippen molar-refractivity contribution in [2.45, 2.75) is 64.3 Å². The zero-order valence-electron chi connectivity index (χ0n) is 11.1. The smallest absolute Gasteiger partial charge is 0.306 e.